The predicted molar refractivity (Wildman–Crippen MR) is 100 cm³/mol. The Labute approximate surface area is 158 Å². The van der Waals surface area contributed by atoms with Gasteiger partial charge in [0.2, 0.25) is 0 Å². The third kappa shape index (κ3) is 7.51. The fourth-order valence-corrected chi connectivity index (χ4v) is 1.97. The highest BCUT2D eigenvalue weighted by Gasteiger charge is 2.34. The van der Waals surface area contributed by atoms with E-state index in [1.54, 1.807) is 38.1 Å². The van der Waals surface area contributed by atoms with E-state index in [-0.39, 0.29) is 13.0 Å². The number of ether oxygens (including phenoxy) is 1. The van der Waals surface area contributed by atoms with Gasteiger partial charge >= 0.3 is 5.97 Å². The lowest BCUT2D eigenvalue weighted by Crippen LogP contribution is -2.59. The summed E-state index contributed by atoms with van der Waals surface area (Å²) in [5.41, 5.74) is 5.94. The second kappa shape index (κ2) is 10.3. The number of aliphatic hydroxyl groups is 2. The fraction of sp³-hybridized carbons (Fsp3) is 0.400. The number of rotatable bonds is 6. The molecule has 0 aliphatic rings. The van der Waals surface area contributed by atoms with Crippen molar-refractivity contribution in [2.24, 2.45) is 5.73 Å². The highest BCUT2D eigenvalue weighted by Crippen LogP contribution is 2.10. The van der Waals surface area contributed by atoms with Crippen LogP contribution in [0.1, 0.15) is 36.2 Å². The predicted octanol–water partition coefficient (Wildman–Crippen LogP) is -0.206. The number of aliphatic hydroxyl groups excluding tert-OH is 2. The molecule has 0 spiro atoms. The molecule has 1 rings (SSSR count). The van der Waals surface area contributed by atoms with Gasteiger partial charge in [-0.1, -0.05) is 11.8 Å². The van der Waals surface area contributed by atoms with Crippen molar-refractivity contribution in [1.82, 2.24) is 5.32 Å². The standard InChI is InChI=1S/C20H24N2O5/c1-20(2,21)17(19(26)27-3)22-18(25)15-11-9-14(10-12-15)7-5-4-6-8-16(24)13-23/h9-12,16-17,23-24H,8,13,21H2,1-3H3,(H,22,25). The van der Waals surface area contributed by atoms with Crippen LogP contribution in [-0.2, 0) is 9.53 Å². The Kier molecular flexibility index (Phi) is 8.50. The van der Waals surface area contributed by atoms with Crippen LogP contribution in [0.3, 0.4) is 0 Å². The molecule has 7 heteroatoms. The Bertz CT molecular complexity index is 773. The Balaban J connectivity index is 2.78. The van der Waals surface area contributed by atoms with Crippen LogP contribution in [0.4, 0.5) is 0 Å². The molecule has 1 aromatic carbocycles. The minimum absolute atomic E-state index is 0.142. The number of nitrogens with one attached hydrogen (secondary N) is 1. The van der Waals surface area contributed by atoms with E-state index < -0.39 is 29.6 Å². The summed E-state index contributed by atoms with van der Waals surface area (Å²) in [6, 6.07) is 5.44. The molecule has 0 aliphatic heterocycles. The van der Waals surface area contributed by atoms with Gasteiger partial charge in [0.05, 0.1) is 19.8 Å². The summed E-state index contributed by atoms with van der Waals surface area (Å²) in [5.74, 6) is 9.55. The zero-order chi connectivity index (χ0) is 20.4. The summed E-state index contributed by atoms with van der Waals surface area (Å²) in [7, 11) is 1.23. The third-order valence-corrected chi connectivity index (χ3v) is 3.51. The molecule has 0 radical (unpaired) electrons. The number of amides is 1. The quantitative estimate of drug-likeness (QED) is 0.405. The first-order valence-electron chi connectivity index (χ1n) is 8.24. The molecule has 0 aliphatic carbocycles. The molecule has 1 aromatic rings. The van der Waals surface area contributed by atoms with E-state index in [1.807, 2.05) is 0 Å². The van der Waals surface area contributed by atoms with Gasteiger partial charge in [0, 0.05) is 23.1 Å². The highest BCUT2D eigenvalue weighted by molar-refractivity contribution is 5.97. The number of esters is 1. The fourth-order valence-electron chi connectivity index (χ4n) is 1.97. The average molecular weight is 372 g/mol. The first kappa shape index (κ1) is 22.2. The minimum Gasteiger partial charge on any atom is -0.467 e. The zero-order valence-corrected chi connectivity index (χ0v) is 15.6. The Morgan fingerprint density at radius 3 is 2.41 bits per heavy atom. The van der Waals surface area contributed by atoms with Gasteiger partial charge in [-0.15, -0.1) is 0 Å². The number of methoxy groups -OCH3 is 1. The molecule has 0 heterocycles. The Hall–Kier alpha value is -2.84. The SMILES string of the molecule is COC(=O)C(NC(=O)c1ccc(C#CC#CCC(O)CO)cc1)C(C)(C)N. The van der Waals surface area contributed by atoms with Crippen LogP contribution in [0.5, 0.6) is 0 Å². The topological polar surface area (TPSA) is 122 Å². The first-order valence-corrected chi connectivity index (χ1v) is 8.24. The number of carbonyl (C=O) groups excluding carboxylic acids is 2. The van der Waals surface area contributed by atoms with Crippen molar-refractivity contribution >= 4 is 11.9 Å². The molecule has 0 aromatic heterocycles. The van der Waals surface area contributed by atoms with E-state index in [2.05, 4.69) is 33.7 Å². The monoisotopic (exact) mass is 372 g/mol. The van der Waals surface area contributed by atoms with E-state index in [0.29, 0.717) is 11.1 Å². The maximum atomic E-state index is 12.3. The minimum atomic E-state index is -0.990. The van der Waals surface area contributed by atoms with Crippen molar-refractivity contribution in [2.45, 2.75) is 38.0 Å². The van der Waals surface area contributed by atoms with E-state index >= 15 is 0 Å². The van der Waals surface area contributed by atoms with Crippen LogP contribution in [-0.4, -0.2) is 53.5 Å². The molecule has 0 fully saturated rings. The number of benzene rings is 1. The maximum Gasteiger partial charge on any atom is 0.330 e. The number of hydrogen-bond acceptors (Lipinski definition) is 6. The van der Waals surface area contributed by atoms with Gasteiger partial charge in [0.15, 0.2) is 0 Å². The van der Waals surface area contributed by atoms with Gasteiger partial charge in [0.25, 0.3) is 5.91 Å². The van der Waals surface area contributed by atoms with Crippen molar-refractivity contribution in [2.75, 3.05) is 13.7 Å². The van der Waals surface area contributed by atoms with Crippen LogP contribution < -0.4 is 11.1 Å². The van der Waals surface area contributed by atoms with Crippen molar-refractivity contribution in [1.29, 1.82) is 0 Å². The highest BCUT2D eigenvalue weighted by atomic mass is 16.5. The van der Waals surface area contributed by atoms with Crippen molar-refractivity contribution in [3.05, 3.63) is 35.4 Å². The maximum absolute atomic E-state index is 12.3. The summed E-state index contributed by atoms with van der Waals surface area (Å²) < 4.78 is 4.69. The Morgan fingerprint density at radius 1 is 1.26 bits per heavy atom. The van der Waals surface area contributed by atoms with Gasteiger partial charge in [-0.2, -0.15) is 0 Å². The summed E-state index contributed by atoms with van der Waals surface area (Å²) in [6.07, 6.45) is -0.729. The lowest BCUT2D eigenvalue weighted by Gasteiger charge is -2.28. The molecule has 2 atom stereocenters. The molecule has 5 N–H and O–H groups in total. The second-order valence-electron chi connectivity index (χ2n) is 6.42. The molecule has 0 saturated heterocycles. The molecule has 27 heavy (non-hydrogen) atoms. The van der Waals surface area contributed by atoms with Crippen LogP contribution in [0.2, 0.25) is 0 Å². The smallest absolute Gasteiger partial charge is 0.330 e. The molecule has 1 amide bonds. The van der Waals surface area contributed by atoms with Gasteiger partial charge in [0.1, 0.15) is 6.04 Å². The molecular formula is C20H24N2O5. The molecule has 0 bridgehead atoms. The van der Waals surface area contributed by atoms with E-state index in [0.717, 1.165) is 0 Å². The van der Waals surface area contributed by atoms with Gasteiger partial charge in [-0.25, -0.2) is 4.79 Å². The van der Waals surface area contributed by atoms with Crippen LogP contribution in [0.15, 0.2) is 24.3 Å². The molecule has 0 saturated carbocycles. The summed E-state index contributed by atoms with van der Waals surface area (Å²) in [5, 5.41) is 20.4. The second-order valence-corrected chi connectivity index (χ2v) is 6.42. The van der Waals surface area contributed by atoms with Gasteiger partial charge in [-0.3, -0.25) is 4.79 Å². The van der Waals surface area contributed by atoms with Crippen molar-refractivity contribution < 1.29 is 24.5 Å². The molecule has 7 nitrogen and oxygen atoms in total. The van der Waals surface area contributed by atoms with Gasteiger partial charge in [-0.05, 0) is 50.0 Å². The van der Waals surface area contributed by atoms with Gasteiger partial charge < -0.3 is 26.0 Å². The normalized spacial score (nSPS) is 12.5. The Morgan fingerprint density at radius 2 is 1.89 bits per heavy atom. The lowest BCUT2D eigenvalue weighted by molar-refractivity contribution is -0.144. The number of nitrogens with two attached hydrogens (primary N) is 1. The lowest BCUT2D eigenvalue weighted by atomic mass is 9.95. The molecule has 144 valence electrons. The third-order valence-electron chi connectivity index (χ3n) is 3.51. The van der Waals surface area contributed by atoms with E-state index in [4.69, 9.17) is 15.9 Å². The van der Waals surface area contributed by atoms with Crippen LogP contribution >= 0.6 is 0 Å². The zero-order valence-electron chi connectivity index (χ0n) is 15.6. The van der Waals surface area contributed by atoms with Crippen molar-refractivity contribution in [3.63, 3.8) is 0 Å². The number of hydrogen-bond donors (Lipinski definition) is 4. The van der Waals surface area contributed by atoms with Crippen molar-refractivity contribution in [3.8, 4) is 23.7 Å². The molecular weight excluding hydrogens is 348 g/mol. The first-order chi connectivity index (χ1) is 12.7. The van der Waals surface area contributed by atoms with Crippen LogP contribution in [0.25, 0.3) is 0 Å². The largest absolute Gasteiger partial charge is 0.467 e. The summed E-state index contributed by atoms with van der Waals surface area (Å²) in [6.45, 7) is 2.89. The van der Waals surface area contributed by atoms with E-state index in [9.17, 15) is 9.59 Å². The summed E-state index contributed by atoms with van der Waals surface area (Å²) >= 11 is 0. The molecule has 2 unspecified atom stereocenters. The van der Waals surface area contributed by atoms with Crippen LogP contribution in [0, 0.1) is 23.7 Å². The number of carbonyl (C=O) groups is 2. The van der Waals surface area contributed by atoms with E-state index in [1.165, 1.54) is 7.11 Å². The summed E-state index contributed by atoms with van der Waals surface area (Å²) in [4.78, 5) is 24.2. The average Bonchev–Trinajstić information content (AvgIpc) is 2.64.